The molecule has 10 heavy (non-hydrogen) atoms. The maximum atomic E-state index is 4.96. The zero-order valence-corrected chi connectivity index (χ0v) is 7.26. The van der Waals surface area contributed by atoms with Gasteiger partial charge < -0.3 is 4.90 Å². The fourth-order valence-electron chi connectivity index (χ4n) is 0.729. The summed E-state index contributed by atoms with van der Waals surface area (Å²) >= 11 is 0. The van der Waals surface area contributed by atoms with E-state index >= 15 is 0 Å². The van der Waals surface area contributed by atoms with Gasteiger partial charge in [-0.1, -0.05) is 0 Å². The molecule has 1 unspecified atom stereocenters. The first kappa shape index (κ1) is 9.88. The summed E-state index contributed by atoms with van der Waals surface area (Å²) in [5.74, 6) is 0. The smallest absolute Gasteiger partial charge is 0.103 e. The monoisotopic (exact) mass is 147 g/mol. The molecule has 0 aromatic carbocycles. The Balaban J connectivity index is 3.16. The molecule has 0 aromatic rings. The molecule has 0 amide bonds. The number of rotatable bonds is 5. The van der Waals surface area contributed by atoms with E-state index in [1.54, 1.807) is 0 Å². The van der Waals surface area contributed by atoms with Crippen LogP contribution in [-0.2, 0) is 9.78 Å². The average molecular weight is 147 g/mol. The number of likely N-dealkylation sites (N-methyl/N-ethyl adjacent to an activating group) is 1. The minimum absolute atomic E-state index is 0.148. The van der Waals surface area contributed by atoms with Crippen molar-refractivity contribution in [3.05, 3.63) is 0 Å². The quantitative estimate of drug-likeness (QED) is 0.426. The van der Waals surface area contributed by atoms with Gasteiger partial charge in [-0.15, -0.1) is 0 Å². The third-order valence-corrected chi connectivity index (χ3v) is 0.972. The topological polar surface area (TPSA) is 21.7 Å². The van der Waals surface area contributed by atoms with Crippen molar-refractivity contribution in [1.82, 2.24) is 4.90 Å². The Kier molecular flexibility index (Phi) is 5.58. The van der Waals surface area contributed by atoms with Crippen molar-refractivity contribution in [1.29, 1.82) is 0 Å². The van der Waals surface area contributed by atoms with Crippen LogP contribution in [0.1, 0.15) is 13.8 Å². The molecule has 0 saturated heterocycles. The van der Waals surface area contributed by atoms with Crippen LogP contribution >= 0.6 is 0 Å². The van der Waals surface area contributed by atoms with Crippen LogP contribution in [0.4, 0.5) is 0 Å². The van der Waals surface area contributed by atoms with Crippen molar-refractivity contribution in [2.24, 2.45) is 0 Å². The Morgan fingerprint density at radius 2 is 2.00 bits per heavy atom. The Labute approximate surface area is 62.8 Å². The molecular weight excluding hydrogens is 130 g/mol. The van der Waals surface area contributed by atoms with Crippen LogP contribution in [0.15, 0.2) is 0 Å². The van der Waals surface area contributed by atoms with Gasteiger partial charge in [0.25, 0.3) is 0 Å². The zero-order chi connectivity index (χ0) is 7.98. The van der Waals surface area contributed by atoms with Gasteiger partial charge in [0.15, 0.2) is 0 Å². The molecule has 62 valence electrons. The summed E-state index contributed by atoms with van der Waals surface area (Å²) in [7, 11) is 4.01. The van der Waals surface area contributed by atoms with E-state index in [4.69, 9.17) is 9.78 Å². The summed E-state index contributed by atoms with van der Waals surface area (Å²) in [6.45, 7) is 5.38. The first-order valence-electron chi connectivity index (χ1n) is 3.59. The first-order chi connectivity index (χ1) is 4.66. The van der Waals surface area contributed by atoms with E-state index < -0.39 is 0 Å². The highest BCUT2D eigenvalue weighted by molar-refractivity contribution is 4.50. The molecule has 0 rings (SSSR count). The lowest BCUT2D eigenvalue weighted by molar-refractivity contribution is -0.318. The summed E-state index contributed by atoms with van der Waals surface area (Å²) in [5, 5.41) is 0. The summed E-state index contributed by atoms with van der Waals surface area (Å²) in [6.07, 6.45) is 0.148. The molecule has 0 aliphatic rings. The summed E-state index contributed by atoms with van der Waals surface area (Å²) < 4.78 is 0. The van der Waals surface area contributed by atoms with Crippen LogP contribution in [0, 0.1) is 0 Å². The summed E-state index contributed by atoms with van der Waals surface area (Å²) in [5.41, 5.74) is 0. The van der Waals surface area contributed by atoms with Crippen LogP contribution in [0.25, 0.3) is 0 Å². The Hall–Kier alpha value is -0.120. The third kappa shape index (κ3) is 6.01. The fraction of sp³-hybridized carbons (Fsp3) is 1.00. The SMILES string of the molecule is CCOOC(C)CN(C)C. The van der Waals surface area contributed by atoms with E-state index in [0.717, 1.165) is 6.54 Å². The lowest BCUT2D eigenvalue weighted by Crippen LogP contribution is -2.25. The van der Waals surface area contributed by atoms with Crippen molar-refractivity contribution < 1.29 is 9.78 Å². The van der Waals surface area contributed by atoms with E-state index in [1.165, 1.54) is 0 Å². The molecule has 1 atom stereocenters. The molecule has 0 bridgehead atoms. The highest BCUT2D eigenvalue weighted by atomic mass is 17.2. The van der Waals surface area contributed by atoms with Crippen LogP contribution in [0.2, 0.25) is 0 Å². The van der Waals surface area contributed by atoms with Gasteiger partial charge in [-0.05, 0) is 27.9 Å². The molecular formula is C7H17NO2. The maximum Gasteiger partial charge on any atom is 0.103 e. The number of hydrogen-bond acceptors (Lipinski definition) is 3. The van der Waals surface area contributed by atoms with Gasteiger partial charge >= 0.3 is 0 Å². The Bertz CT molecular complexity index is 76.0. The van der Waals surface area contributed by atoms with E-state index in [1.807, 2.05) is 27.9 Å². The van der Waals surface area contributed by atoms with E-state index in [0.29, 0.717) is 6.61 Å². The van der Waals surface area contributed by atoms with Crippen LogP contribution in [0.5, 0.6) is 0 Å². The first-order valence-corrected chi connectivity index (χ1v) is 3.59. The van der Waals surface area contributed by atoms with Crippen LogP contribution in [0.3, 0.4) is 0 Å². The predicted octanol–water partition coefficient (Wildman–Crippen LogP) is 0.905. The fourth-order valence-corrected chi connectivity index (χ4v) is 0.729. The van der Waals surface area contributed by atoms with E-state index in [-0.39, 0.29) is 6.10 Å². The molecule has 0 aliphatic heterocycles. The molecule has 3 nitrogen and oxygen atoms in total. The van der Waals surface area contributed by atoms with Crippen LogP contribution < -0.4 is 0 Å². The average Bonchev–Trinajstić information content (AvgIpc) is 1.82. The molecule has 0 fully saturated rings. The predicted molar refractivity (Wildman–Crippen MR) is 40.7 cm³/mol. The van der Waals surface area contributed by atoms with Crippen molar-refractivity contribution in [2.75, 3.05) is 27.2 Å². The second-order valence-corrected chi connectivity index (χ2v) is 2.58. The second kappa shape index (κ2) is 5.65. The van der Waals surface area contributed by atoms with E-state index in [9.17, 15) is 0 Å². The standard InChI is InChI=1S/C7H17NO2/c1-5-9-10-7(2)6-8(3)4/h7H,5-6H2,1-4H3. The minimum atomic E-state index is 0.148. The number of hydrogen-bond donors (Lipinski definition) is 0. The maximum absolute atomic E-state index is 4.96. The van der Waals surface area contributed by atoms with Crippen molar-refractivity contribution in [3.8, 4) is 0 Å². The van der Waals surface area contributed by atoms with Gasteiger partial charge in [0.1, 0.15) is 6.10 Å². The van der Waals surface area contributed by atoms with Gasteiger partial charge in [-0.25, -0.2) is 9.78 Å². The molecule has 0 spiro atoms. The van der Waals surface area contributed by atoms with Crippen molar-refractivity contribution in [2.45, 2.75) is 20.0 Å². The van der Waals surface area contributed by atoms with Crippen LogP contribution in [-0.4, -0.2) is 38.3 Å². The molecule has 0 aromatic heterocycles. The van der Waals surface area contributed by atoms with Gasteiger partial charge in [-0.2, -0.15) is 0 Å². The van der Waals surface area contributed by atoms with Gasteiger partial charge in [-0.3, -0.25) is 0 Å². The van der Waals surface area contributed by atoms with Gasteiger partial charge in [0.2, 0.25) is 0 Å². The summed E-state index contributed by atoms with van der Waals surface area (Å²) in [4.78, 5) is 11.8. The van der Waals surface area contributed by atoms with Gasteiger partial charge in [0, 0.05) is 6.54 Å². The highest BCUT2D eigenvalue weighted by Gasteiger charge is 2.02. The number of nitrogens with zero attached hydrogens (tertiary/aromatic N) is 1. The second-order valence-electron chi connectivity index (χ2n) is 2.58. The molecule has 0 heterocycles. The van der Waals surface area contributed by atoms with Gasteiger partial charge in [0.05, 0.1) is 6.61 Å². The van der Waals surface area contributed by atoms with Crippen molar-refractivity contribution in [3.63, 3.8) is 0 Å². The Morgan fingerprint density at radius 3 is 2.40 bits per heavy atom. The Morgan fingerprint density at radius 1 is 1.40 bits per heavy atom. The lowest BCUT2D eigenvalue weighted by Gasteiger charge is -2.15. The zero-order valence-electron chi connectivity index (χ0n) is 7.26. The van der Waals surface area contributed by atoms with Crippen molar-refractivity contribution >= 4 is 0 Å². The minimum Gasteiger partial charge on any atom is -0.307 e. The summed E-state index contributed by atoms with van der Waals surface area (Å²) in [6, 6.07) is 0. The third-order valence-electron chi connectivity index (χ3n) is 0.972. The molecule has 0 saturated carbocycles. The molecule has 0 N–H and O–H groups in total. The lowest BCUT2D eigenvalue weighted by atomic mass is 10.4. The normalized spacial score (nSPS) is 14.1. The molecule has 3 heteroatoms. The van der Waals surface area contributed by atoms with E-state index in [2.05, 4.69) is 4.90 Å². The largest absolute Gasteiger partial charge is 0.307 e. The highest BCUT2D eigenvalue weighted by Crippen LogP contribution is 1.92. The molecule has 0 aliphatic carbocycles. The molecule has 0 radical (unpaired) electrons.